The van der Waals surface area contributed by atoms with E-state index in [-0.39, 0.29) is 0 Å². The molecule has 0 bridgehead atoms. The Balaban J connectivity index is 1.76. The number of hydrogen-bond donors (Lipinski definition) is 0. The van der Waals surface area contributed by atoms with Gasteiger partial charge >= 0.3 is 0 Å². The summed E-state index contributed by atoms with van der Waals surface area (Å²) in [6, 6.07) is 12.2. The Morgan fingerprint density at radius 1 is 0.947 bits per heavy atom. The number of thioether (sulfide) groups is 1. The van der Waals surface area contributed by atoms with E-state index in [9.17, 15) is 0 Å². The largest absolute Gasteiger partial charge is 0.237 e. The zero-order valence-electron chi connectivity index (χ0n) is 11.0. The predicted octanol–water partition coefficient (Wildman–Crippen LogP) is 4.57. The fourth-order valence-corrected chi connectivity index (χ4v) is 3.68. The molecule has 0 N–H and O–H groups in total. The summed E-state index contributed by atoms with van der Waals surface area (Å²) in [7, 11) is 0. The Hall–Kier alpha value is -1.35. The van der Waals surface area contributed by atoms with Gasteiger partial charge in [0, 0.05) is 17.0 Å². The van der Waals surface area contributed by atoms with E-state index < -0.39 is 0 Å². The van der Waals surface area contributed by atoms with Crippen LogP contribution in [0.3, 0.4) is 0 Å². The minimum atomic E-state index is 0.743. The van der Waals surface area contributed by atoms with Gasteiger partial charge in [-0.05, 0) is 18.9 Å². The van der Waals surface area contributed by atoms with Crippen LogP contribution in [-0.2, 0) is 0 Å². The first-order chi connectivity index (χ1) is 9.42. The average molecular weight is 270 g/mol. The molecule has 1 fully saturated rings. The van der Waals surface area contributed by atoms with Crippen molar-refractivity contribution in [3.63, 3.8) is 0 Å². The molecule has 3 heteroatoms. The second-order valence-corrected chi connectivity index (χ2v) is 6.28. The molecular weight excluding hydrogens is 252 g/mol. The lowest BCUT2D eigenvalue weighted by molar-refractivity contribution is 0.515. The number of aromatic nitrogens is 2. The Morgan fingerprint density at radius 3 is 2.53 bits per heavy atom. The summed E-state index contributed by atoms with van der Waals surface area (Å²) in [5, 5.41) is 1.85. The number of nitrogens with zero attached hydrogens (tertiary/aromatic N) is 2. The van der Waals surface area contributed by atoms with Gasteiger partial charge in [0.2, 0.25) is 0 Å². The molecule has 3 rings (SSSR count). The minimum absolute atomic E-state index is 0.743. The quantitative estimate of drug-likeness (QED) is 0.764. The zero-order valence-corrected chi connectivity index (χ0v) is 11.8. The lowest BCUT2D eigenvalue weighted by Crippen LogP contribution is -2.08. The number of hydrogen-bond acceptors (Lipinski definition) is 3. The summed E-state index contributed by atoms with van der Waals surface area (Å²) < 4.78 is 0. The second kappa shape index (κ2) is 6.20. The van der Waals surface area contributed by atoms with Gasteiger partial charge in [0.1, 0.15) is 5.03 Å². The summed E-state index contributed by atoms with van der Waals surface area (Å²) in [4.78, 5) is 9.07. The zero-order chi connectivity index (χ0) is 12.9. The smallest absolute Gasteiger partial charge is 0.160 e. The Morgan fingerprint density at radius 2 is 1.74 bits per heavy atom. The van der Waals surface area contributed by atoms with Crippen LogP contribution < -0.4 is 0 Å². The van der Waals surface area contributed by atoms with Crippen molar-refractivity contribution in [2.45, 2.75) is 42.4 Å². The number of rotatable bonds is 3. The Bertz CT molecular complexity index is 521. The van der Waals surface area contributed by atoms with E-state index in [0.29, 0.717) is 0 Å². The maximum Gasteiger partial charge on any atom is 0.160 e. The molecular formula is C16H18N2S. The van der Waals surface area contributed by atoms with Gasteiger partial charge in [-0.2, -0.15) is 0 Å². The van der Waals surface area contributed by atoms with Crippen LogP contribution >= 0.6 is 11.8 Å². The third-order valence-electron chi connectivity index (χ3n) is 3.50. The lowest BCUT2D eigenvalue weighted by atomic mass is 10.0. The molecule has 0 saturated heterocycles. The molecule has 19 heavy (non-hydrogen) atoms. The van der Waals surface area contributed by atoms with Crippen LogP contribution in [0, 0.1) is 0 Å². The number of benzene rings is 1. The normalized spacial score (nSPS) is 16.4. The van der Waals surface area contributed by atoms with Gasteiger partial charge in [-0.15, -0.1) is 11.8 Å². The monoisotopic (exact) mass is 270 g/mol. The lowest BCUT2D eigenvalue weighted by Gasteiger charge is -2.20. The highest BCUT2D eigenvalue weighted by molar-refractivity contribution is 7.99. The van der Waals surface area contributed by atoms with E-state index in [2.05, 4.69) is 22.1 Å². The van der Waals surface area contributed by atoms with Gasteiger partial charge in [0.05, 0.1) is 0 Å². The molecule has 0 amide bonds. The fraction of sp³-hybridized carbons (Fsp3) is 0.375. The van der Waals surface area contributed by atoms with Gasteiger partial charge in [0.15, 0.2) is 5.82 Å². The molecule has 1 aliphatic rings. The molecule has 1 aromatic heterocycles. The first kappa shape index (κ1) is 12.7. The third kappa shape index (κ3) is 3.35. The molecule has 98 valence electrons. The molecule has 1 heterocycles. The topological polar surface area (TPSA) is 25.8 Å². The van der Waals surface area contributed by atoms with E-state index in [4.69, 9.17) is 0 Å². The van der Waals surface area contributed by atoms with Crippen molar-refractivity contribution in [1.82, 2.24) is 9.97 Å². The van der Waals surface area contributed by atoms with E-state index in [1.807, 2.05) is 42.2 Å². The Labute approximate surface area is 118 Å². The molecule has 0 unspecified atom stereocenters. The first-order valence-electron chi connectivity index (χ1n) is 6.97. The van der Waals surface area contributed by atoms with E-state index in [0.717, 1.165) is 21.7 Å². The van der Waals surface area contributed by atoms with Crippen molar-refractivity contribution in [2.75, 3.05) is 0 Å². The standard InChI is InChI=1S/C16H18N2S/c1-3-7-13(8-4-1)16-17-12-11-15(18-16)19-14-9-5-2-6-10-14/h1,3-4,7-8,11-12,14H,2,5-6,9-10H2. The molecule has 0 radical (unpaired) electrons. The van der Waals surface area contributed by atoms with Crippen LogP contribution in [0.1, 0.15) is 32.1 Å². The SMILES string of the molecule is c1ccc(-c2nccc(SC3CCCCC3)n2)cc1. The van der Waals surface area contributed by atoms with Gasteiger partial charge < -0.3 is 0 Å². The van der Waals surface area contributed by atoms with Crippen molar-refractivity contribution in [3.05, 3.63) is 42.6 Å². The molecule has 1 aliphatic carbocycles. The first-order valence-corrected chi connectivity index (χ1v) is 7.85. The van der Waals surface area contributed by atoms with Crippen LogP contribution in [-0.4, -0.2) is 15.2 Å². The highest BCUT2D eigenvalue weighted by Gasteiger charge is 2.15. The molecule has 2 nitrogen and oxygen atoms in total. The van der Waals surface area contributed by atoms with E-state index >= 15 is 0 Å². The minimum Gasteiger partial charge on any atom is -0.237 e. The highest BCUT2D eigenvalue weighted by Crippen LogP contribution is 2.32. The van der Waals surface area contributed by atoms with Crippen LogP contribution in [0.4, 0.5) is 0 Å². The summed E-state index contributed by atoms with van der Waals surface area (Å²) in [5.41, 5.74) is 1.09. The van der Waals surface area contributed by atoms with Crippen molar-refractivity contribution in [3.8, 4) is 11.4 Å². The molecule has 1 saturated carbocycles. The molecule has 0 atom stereocenters. The predicted molar refractivity (Wildman–Crippen MR) is 80.2 cm³/mol. The maximum absolute atomic E-state index is 4.69. The van der Waals surface area contributed by atoms with Gasteiger partial charge in [-0.1, -0.05) is 49.6 Å². The third-order valence-corrected chi connectivity index (χ3v) is 4.78. The molecule has 2 aromatic rings. The summed E-state index contributed by atoms with van der Waals surface area (Å²) in [6.07, 6.45) is 8.67. The van der Waals surface area contributed by atoms with Crippen molar-refractivity contribution < 1.29 is 0 Å². The summed E-state index contributed by atoms with van der Waals surface area (Å²) in [6.45, 7) is 0. The van der Waals surface area contributed by atoms with Gasteiger partial charge in [-0.3, -0.25) is 0 Å². The van der Waals surface area contributed by atoms with Crippen molar-refractivity contribution >= 4 is 11.8 Å². The van der Waals surface area contributed by atoms with Crippen LogP contribution in [0.5, 0.6) is 0 Å². The maximum atomic E-state index is 4.69. The highest BCUT2D eigenvalue weighted by atomic mass is 32.2. The molecule has 0 spiro atoms. The molecule has 0 aliphatic heterocycles. The fourth-order valence-electron chi connectivity index (χ4n) is 2.49. The van der Waals surface area contributed by atoms with Gasteiger partial charge in [-0.25, -0.2) is 9.97 Å². The van der Waals surface area contributed by atoms with E-state index in [1.165, 1.54) is 32.1 Å². The average Bonchev–Trinajstić information content (AvgIpc) is 2.49. The Kier molecular flexibility index (Phi) is 4.13. The summed E-state index contributed by atoms with van der Waals surface area (Å²) in [5.74, 6) is 0.835. The van der Waals surface area contributed by atoms with E-state index in [1.54, 1.807) is 0 Å². The van der Waals surface area contributed by atoms with Crippen molar-refractivity contribution in [1.29, 1.82) is 0 Å². The van der Waals surface area contributed by atoms with Crippen LogP contribution in [0.2, 0.25) is 0 Å². The van der Waals surface area contributed by atoms with Crippen LogP contribution in [0.25, 0.3) is 11.4 Å². The second-order valence-electron chi connectivity index (χ2n) is 4.96. The van der Waals surface area contributed by atoms with Gasteiger partial charge in [0.25, 0.3) is 0 Å². The van der Waals surface area contributed by atoms with Crippen LogP contribution in [0.15, 0.2) is 47.6 Å². The summed E-state index contributed by atoms with van der Waals surface area (Å²) >= 11 is 1.92. The van der Waals surface area contributed by atoms with Crippen molar-refractivity contribution in [2.24, 2.45) is 0 Å². The molecule has 1 aromatic carbocycles.